The maximum absolute atomic E-state index is 4.11. The molecule has 0 unspecified atom stereocenters. The molecule has 2 rings (SSSR count). The van der Waals surface area contributed by atoms with Gasteiger partial charge in [0.25, 0.3) is 0 Å². The molecule has 0 amide bonds. The van der Waals surface area contributed by atoms with Gasteiger partial charge in [0.15, 0.2) is 0 Å². The second-order valence-corrected chi connectivity index (χ2v) is 5.06. The van der Waals surface area contributed by atoms with Crippen LogP contribution in [0.1, 0.15) is 19.5 Å². The van der Waals surface area contributed by atoms with Crippen LogP contribution in [0.3, 0.4) is 0 Å². The molecule has 0 aliphatic heterocycles. The highest BCUT2D eigenvalue weighted by molar-refractivity contribution is 9.10. The van der Waals surface area contributed by atoms with Gasteiger partial charge in [0.1, 0.15) is 0 Å². The van der Waals surface area contributed by atoms with Crippen LogP contribution in [0.15, 0.2) is 34.9 Å². The van der Waals surface area contributed by atoms with Gasteiger partial charge >= 0.3 is 0 Å². The van der Waals surface area contributed by atoms with Crippen molar-refractivity contribution in [1.82, 2.24) is 20.3 Å². The van der Waals surface area contributed by atoms with Crippen molar-refractivity contribution in [2.24, 2.45) is 0 Å². The fourth-order valence-corrected chi connectivity index (χ4v) is 1.75. The van der Waals surface area contributed by atoms with Crippen molar-refractivity contribution in [1.29, 1.82) is 0 Å². The first-order valence-electron chi connectivity index (χ1n) is 5.55. The predicted molar refractivity (Wildman–Crippen MR) is 71.0 cm³/mol. The molecule has 0 saturated heterocycles. The Morgan fingerprint density at radius 3 is 2.65 bits per heavy atom. The molecule has 0 radical (unpaired) electrons. The zero-order valence-electron chi connectivity index (χ0n) is 9.89. The zero-order valence-corrected chi connectivity index (χ0v) is 11.5. The Hall–Kier alpha value is -1.20. The Kier molecular flexibility index (Phi) is 3.91. The van der Waals surface area contributed by atoms with Gasteiger partial charge in [0.2, 0.25) is 0 Å². The molecule has 0 bridgehead atoms. The van der Waals surface area contributed by atoms with E-state index in [4.69, 9.17) is 0 Å². The largest absolute Gasteiger partial charge is 0.309 e. The van der Waals surface area contributed by atoms with Crippen LogP contribution < -0.4 is 5.32 Å². The van der Waals surface area contributed by atoms with E-state index in [1.807, 2.05) is 28.9 Å². The molecule has 17 heavy (non-hydrogen) atoms. The van der Waals surface area contributed by atoms with E-state index in [-0.39, 0.29) is 0 Å². The zero-order chi connectivity index (χ0) is 12.3. The number of rotatable bonds is 4. The van der Waals surface area contributed by atoms with Crippen molar-refractivity contribution in [3.8, 4) is 5.69 Å². The molecular formula is C12H15BrN4. The van der Waals surface area contributed by atoms with Crippen LogP contribution in [-0.4, -0.2) is 21.0 Å². The first-order chi connectivity index (χ1) is 8.16. The Morgan fingerprint density at radius 1 is 1.29 bits per heavy atom. The highest BCUT2D eigenvalue weighted by Gasteiger charge is 2.06. The topological polar surface area (TPSA) is 42.7 Å². The SMILES string of the molecule is CC(C)NCc1cnnn1-c1ccc(Br)cc1. The lowest BCUT2D eigenvalue weighted by Gasteiger charge is -2.09. The maximum Gasteiger partial charge on any atom is 0.0783 e. The van der Waals surface area contributed by atoms with Crippen LogP contribution in [0.4, 0.5) is 0 Å². The molecule has 4 nitrogen and oxygen atoms in total. The van der Waals surface area contributed by atoms with Crippen LogP contribution in [0.5, 0.6) is 0 Å². The van der Waals surface area contributed by atoms with E-state index >= 15 is 0 Å². The summed E-state index contributed by atoms with van der Waals surface area (Å²) in [6.45, 7) is 5.00. The third-order valence-electron chi connectivity index (χ3n) is 2.38. The number of hydrogen-bond donors (Lipinski definition) is 1. The molecule has 2 aromatic rings. The number of aromatic nitrogens is 3. The molecule has 5 heteroatoms. The molecular weight excluding hydrogens is 280 g/mol. The summed E-state index contributed by atoms with van der Waals surface area (Å²) in [7, 11) is 0. The number of benzene rings is 1. The van der Waals surface area contributed by atoms with Crippen LogP contribution in [-0.2, 0) is 6.54 Å². The average molecular weight is 295 g/mol. The first-order valence-corrected chi connectivity index (χ1v) is 6.35. The number of nitrogens with one attached hydrogen (secondary N) is 1. The molecule has 0 fully saturated rings. The normalized spacial score (nSPS) is 11.1. The Bertz CT molecular complexity index is 476. The Morgan fingerprint density at radius 2 is 2.00 bits per heavy atom. The smallest absolute Gasteiger partial charge is 0.0783 e. The van der Waals surface area contributed by atoms with E-state index in [9.17, 15) is 0 Å². The quantitative estimate of drug-likeness (QED) is 0.942. The number of nitrogens with zero attached hydrogens (tertiary/aromatic N) is 3. The summed E-state index contributed by atoms with van der Waals surface area (Å²) in [5, 5.41) is 11.4. The molecule has 1 aromatic carbocycles. The molecule has 1 N–H and O–H groups in total. The Labute approximate surface area is 109 Å². The van der Waals surface area contributed by atoms with Crippen molar-refractivity contribution in [2.45, 2.75) is 26.4 Å². The maximum atomic E-state index is 4.11. The van der Waals surface area contributed by atoms with E-state index in [1.165, 1.54) is 0 Å². The summed E-state index contributed by atoms with van der Waals surface area (Å²) in [5.74, 6) is 0. The minimum absolute atomic E-state index is 0.447. The van der Waals surface area contributed by atoms with Gasteiger partial charge in [0, 0.05) is 17.1 Å². The van der Waals surface area contributed by atoms with Crippen molar-refractivity contribution in [2.75, 3.05) is 0 Å². The number of halogens is 1. The lowest BCUT2D eigenvalue weighted by molar-refractivity contribution is 0.570. The van der Waals surface area contributed by atoms with Crippen molar-refractivity contribution < 1.29 is 0 Å². The summed E-state index contributed by atoms with van der Waals surface area (Å²) < 4.78 is 2.91. The molecule has 0 atom stereocenters. The minimum atomic E-state index is 0.447. The van der Waals surface area contributed by atoms with E-state index < -0.39 is 0 Å². The highest BCUT2D eigenvalue weighted by Crippen LogP contribution is 2.14. The molecule has 90 valence electrons. The Balaban J connectivity index is 2.21. The van der Waals surface area contributed by atoms with E-state index in [1.54, 1.807) is 6.20 Å². The second kappa shape index (κ2) is 5.42. The van der Waals surface area contributed by atoms with Gasteiger partial charge in [-0.05, 0) is 24.3 Å². The summed E-state index contributed by atoms with van der Waals surface area (Å²) in [6, 6.07) is 8.46. The van der Waals surface area contributed by atoms with Gasteiger partial charge in [0.05, 0.1) is 17.6 Å². The summed E-state index contributed by atoms with van der Waals surface area (Å²) in [6.07, 6.45) is 1.79. The van der Waals surface area contributed by atoms with E-state index in [2.05, 4.69) is 45.4 Å². The van der Waals surface area contributed by atoms with Gasteiger partial charge in [-0.25, -0.2) is 4.68 Å². The summed E-state index contributed by atoms with van der Waals surface area (Å²) in [4.78, 5) is 0. The van der Waals surface area contributed by atoms with Crippen LogP contribution in [0.2, 0.25) is 0 Å². The third kappa shape index (κ3) is 3.14. The lowest BCUT2D eigenvalue weighted by Crippen LogP contribution is -2.23. The highest BCUT2D eigenvalue weighted by atomic mass is 79.9. The van der Waals surface area contributed by atoms with E-state index in [0.717, 1.165) is 22.4 Å². The van der Waals surface area contributed by atoms with Crippen LogP contribution in [0.25, 0.3) is 5.69 Å². The molecule has 0 saturated carbocycles. The molecule has 0 aliphatic rings. The molecule has 0 spiro atoms. The lowest BCUT2D eigenvalue weighted by atomic mass is 10.3. The van der Waals surface area contributed by atoms with Crippen LogP contribution >= 0.6 is 15.9 Å². The second-order valence-electron chi connectivity index (χ2n) is 4.15. The standard InChI is InChI=1S/C12H15BrN4/c1-9(2)14-7-12-8-15-16-17(12)11-5-3-10(13)4-6-11/h3-6,8-9,14H,7H2,1-2H3. The first kappa shape index (κ1) is 12.3. The molecule has 1 heterocycles. The van der Waals surface area contributed by atoms with Gasteiger partial charge in [-0.15, -0.1) is 5.10 Å². The average Bonchev–Trinajstić information content (AvgIpc) is 2.75. The summed E-state index contributed by atoms with van der Waals surface area (Å²) in [5.41, 5.74) is 2.08. The number of hydrogen-bond acceptors (Lipinski definition) is 3. The predicted octanol–water partition coefficient (Wildman–Crippen LogP) is 2.53. The van der Waals surface area contributed by atoms with Gasteiger partial charge < -0.3 is 5.32 Å². The van der Waals surface area contributed by atoms with Crippen molar-refractivity contribution in [3.05, 3.63) is 40.6 Å². The van der Waals surface area contributed by atoms with E-state index in [0.29, 0.717) is 6.04 Å². The van der Waals surface area contributed by atoms with Crippen molar-refractivity contribution in [3.63, 3.8) is 0 Å². The molecule has 0 aliphatic carbocycles. The monoisotopic (exact) mass is 294 g/mol. The fraction of sp³-hybridized carbons (Fsp3) is 0.333. The third-order valence-corrected chi connectivity index (χ3v) is 2.91. The van der Waals surface area contributed by atoms with Gasteiger partial charge in [-0.1, -0.05) is 35.0 Å². The fourth-order valence-electron chi connectivity index (χ4n) is 1.49. The minimum Gasteiger partial charge on any atom is -0.309 e. The summed E-state index contributed by atoms with van der Waals surface area (Å²) >= 11 is 3.42. The van der Waals surface area contributed by atoms with Crippen molar-refractivity contribution >= 4 is 15.9 Å². The van der Waals surface area contributed by atoms with Crippen LogP contribution in [0, 0.1) is 0 Å². The molecule has 1 aromatic heterocycles. The van der Waals surface area contributed by atoms with Gasteiger partial charge in [-0.2, -0.15) is 0 Å². The van der Waals surface area contributed by atoms with Gasteiger partial charge in [-0.3, -0.25) is 0 Å².